The molecule has 142 valence electrons. The molecule has 0 fully saturated rings. The van der Waals surface area contributed by atoms with Gasteiger partial charge in [-0.15, -0.1) is 0 Å². The Morgan fingerprint density at radius 2 is 1.32 bits per heavy atom. The van der Waals surface area contributed by atoms with Gasteiger partial charge in [-0.05, 0) is 31.0 Å². The van der Waals surface area contributed by atoms with Crippen LogP contribution in [0.5, 0.6) is 0 Å². The van der Waals surface area contributed by atoms with Crippen LogP contribution in [0.25, 0.3) is 0 Å². The predicted molar refractivity (Wildman–Crippen MR) is 115 cm³/mol. The topological polar surface area (TPSA) is 43.4 Å². The summed E-state index contributed by atoms with van der Waals surface area (Å²) in [6, 6.07) is 28.7. The lowest BCUT2D eigenvalue weighted by Crippen LogP contribution is -2.23. The van der Waals surface area contributed by atoms with Crippen LogP contribution in [-0.4, -0.2) is 18.9 Å². The molecule has 3 aromatic rings. The van der Waals surface area contributed by atoms with Crippen LogP contribution in [0.4, 0.5) is 0 Å². The zero-order valence-electron chi connectivity index (χ0n) is 16.0. The zero-order chi connectivity index (χ0) is 19.9. The van der Waals surface area contributed by atoms with Gasteiger partial charge in [0.2, 0.25) is 5.78 Å². The monoisotopic (exact) mass is 390 g/mol. The molecule has 0 aromatic heterocycles. The van der Waals surface area contributed by atoms with Crippen molar-refractivity contribution in [2.24, 2.45) is 0 Å². The van der Waals surface area contributed by atoms with E-state index in [9.17, 15) is 9.59 Å². The van der Waals surface area contributed by atoms with Crippen molar-refractivity contribution in [3.8, 4) is 0 Å². The molecule has 1 atom stereocenters. The molecule has 0 aliphatic heterocycles. The predicted octanol–water partition coefficient (Wildman–Crippen LogP) is 4.30. The normalized spacial score (nSPS) is 11.8. The Morgan fingerprint density at radius 3 is 1.79 bits per heavy atom. The van der Waals surface area contributed by atoms with Gasteiger partial charge < -0.3 is 4.74 Å². The molecule has 3 nitrogen and oxygen atoms in total. The zero-order valence-corrected chi connectivity index (χ0v) is 16.9. The Kier molecular flexibility index (Phi) is 6.73. The average molecular weight is 390 g/mol. The maximum Gasteiger partial charge on any atom is 0.374 e. The third-order valence-electron chi connectivity index (χ3n) is 4.63. The van der Waals surface area contributed by atoms with Crippen LogP contribution in [0.15, 0.2) is 84.9 Å². The lowest BCUT2D eigenvalue weighted by atomic mass is 10.1. The Labute approximate surface area is 167 Å². The molecule has 4 heteroatoms. The van der Waals surface area contributed by atoms with Gasteiger partial charge in [-0.1, -0.05) is 90.5 Å². The average Bonchev–Trinajstić information content (AvgIpc) is 2.74. The van der Waals surface area contributed by atoms with Crippen LogP contribution < -0.4 is 10.6 Å². The van der Waals surface area contributed by atoms with Crippen LogP contribution in [0.1, 0.15) is 23.2 Å². The largest absolute Gasteiger partial charge is 0.463 e. The van der Waals surface area contributed by atoms with E-state index < -0.39 is 19.7 Å². The Hall–Kier alpha value is -2.77. The van der Waals surface area contributed by atoms with Crippen LogP contribution in [0, 0.1) is 6.92 Å². The number of ether oxygens (including phenoxy) is 1. The van der Waals surface area contributed by atoms with Crippen molar-refractivity contribution >= 4 is 30.3 Å². The van der Waals surface area contributed by atoms with Crippen molar-refractivity contribution in [2.45, 2.75) is 19.0 Å². The number of ketones is 1. The minimum Gasteiger partial charge on any atom is -0.463 e. The molecule has 0 unspecified atom stereocenters. The maximum absolute atomic E-state index is 12.5. The molecule has 0 bridgehead atoms. The molecule has 0 spiro atoms. The highest BCUT2D eigenvalue weighted by Crippen LogP contribution is 2.51. The summed E-state index contributed by atoms with van der Waals surface area (Å²) in [6.07, 6.45) is 0.116. The van der Waals surface area contributed by atoms with E-state index in [4.69, 9.17) is 0 Å². The number of carbonyl (C=O) groups excluding carboxylic acids is 2. The maximum atomic E-state index is 12.5. The second-order valence-corrected chi connectivity index (χ2v) is 8.98. The fourth-order valence-corrected chi connectivity index (χ4v) is 6.03. The van der Waals surface area contributed by atoms with Gasteiger partial charge in [-0.3, -0.25) is 4.79 Å². The fourth-order valence-electron chi connectivity index (χ4n) is 3.21. The lowest BCUT2D eigenvalue weighted by Gasteiger charge is -2.28. The van der Waals surface area contributed by atoms with E-state index in [-0.39, 0.29) is 12.1 Å². The highest BCUT2D eigenvalue weighted by atomic mass is 31.1. The van der Waals surface area contributed by atoms with Crippen LogP contribution >= 0.6 is 7.92 Å². The summed E-state index contributed by atoms with van der Waals surface area (Å²) in [5.74, 6) is -1.28. The third kappa shape index (κ3) is 4.74. The van der Waals surface area contributed by atoms with E-state index in [1.165, 1.54) is 17.7 Å². The van der Waals surface area contributed by atoms with Gasteiger partial charge in [0, 0.05) is 12.1 Å². The molecule has 0 saturated heterocycles. The van der Waals surface area contributed by atoms with E-state index in [0.717, 1.165) is 11.1 Å². The molecule has 0 aliphatic rings. The van der Waals surface area contributed by atoms with E-state index in [1.807, 2.05) is 43.3 Å². The number of methoxy groups -OCH3 is 1. The summed E-state index contributed by atoms with van der Waals surface area (Å²) in [5, 5.41) is 2.35. The van der Waals surface area contributed by atoms with Gasteiger partial charge >= 0.3 is 5.97 Å². The first kappa shape index (κ1) is 20.0. The minimum absolute atomic E-state index is 0.116. The molecule has 0 aliphatic carbocycles. The molecular weight excluding hydrogens is 367 g/mol. The summed E-state index contributed by atoms with van der Waals surface area (Å²) >= 11 is 0. The van der Waals surface area contributed by atoms with E-state index in [1.54, 1.807) is 0 Å². The summed E-state index contributed by atoms with van der Waals surface area (Å²) in [6.45, 7) is 2.04. The van der Waals surface area contributed by atoms with Crippen molar-refractivity contribution in [1.29, 1.82) is 0 Å². The third-order valence-corrected chi connectivity index (χ3v) is 7.45. The van der Waals surface area contributed by atoms with Gasteiger partial charge in [0.15, 0.2) is 0 Å². The summed E-state index contributed by atoms with van der Waals surface area (Å²) in [5.41, 5.74) is 2.10. The number of esters is 1. The number of aryl methyl sites for hydroxylation is 1. The molecule has 0 radical (unpaired) electrons. The smallest absolute Gasteiger partial charge is 0.374 e. The van der Waals surface area contributed by atoms with Crippen molar-refractivity contribution < 1.29 is 14.3 Å². The Balaban J connectivity index is 2.11. The molecule has 0 heterocycles. The summed E-state index contributed by atoms with van der Waals surface area (Å²) < 4.78 is 4.68. The molecule has 3 rings (SSSR count). The molecular formula is C24H23O3P. The van der Waals surface area contributed by atoms with Crippen molar-refractivity contribution in [3.05, 3.63) is 96.1 Å². The number of benzene rings is 3. The first-order chi connectivity index (χ1) is 13.6. The van der Waals surface area contributed by atoms with E-state index >= 15 is 0 Å². The number of Topliss-reactive ketones (excluding diaryl/α,β-unsaturated/α-hetero) is 1. The van der Waals surface area contributed by atoms with Gasteiger partial charge in [0.05, 0.1) is 7.11 Å². The van der Waals surface area contributed by atoms with Crippen molar-refractivity contribution in [3.63, 3.8) is 0 Å². The Bertz CT molecular complexity index is 882. The number of hydrogen-bond acceptors (Lipinski definition) is 3. The summed E-state index contributed by atoms with van der Waals surface area (Å²) in [4.78, 5) is 24.4. The molecule has 0 N–H and O–H groups in total. The van der Waals surface area contributed by atoms with Crippen molar-refractivity contribution in [2.75, 3.05) is 7.11 Å². The second-order valence-electron chi connectivity index (χ2n) is 6.59. The highest BCUT2D eigenvalue weighted by molar-refractivity contribution is 7.73. The van der Waals surface area contributed by atoms with Crippen molar-refractivity contribution in [1.82, 2.24) is 0 Å². The van der Waals surface area contributed by atoms with Gasteiger partial charge in [0.1, 0.15) is 0 Å². The molecule has 0 saturated carbocycles. The van der Waals surface area contributed by atoms with Gasteiger partial charge in [-0.2, -0.15) is 0 Å². The molecule has 0 amide bonds. The summed E-state index contributed by atoms with van der Waals surface area (Å²) in [7, 11) is 0.357. The standard InChI is InChI=1S/C24H23O3P/c1-18-13-15-19(16-14-18)23(17-22(25)24(26)27-2)28(20-9-5-3-6-10-20)21-11-7-4-8-12-21/h3-16,23H,17H2,1-2H3/t23-/m0/s1. The van der Waals surface area contributed by atoms with Crippen LogP contribution in [0.3, 0.4) is 0 Å². The van der Waals surface area contributed by atoms with Crippen LogP contribution in [-0.2, 0) is 14.3 Å². The Morgan fingerprint density at radius 1 is 0.821 bits per heavy atom. The van der Waals surface area contributed by atoms with Gasteiger partial charge in [0.25, 0.3) is 0 Å². The highest BCUT2D eigenvalue weighted by Gasteiger charge is 2.30. The first-order valence-electron chi connectivity index (χ1n) is 9.17. The number of rotatable bonds is 7. The lowest BCUT2D eigenvalue weighted by molar-refractivity contribution is -0.151. The minimum atomic E-state index is -0.891. The molecule has 28 heavy (non-hydrogen) atoms. The second kappa shape index (κ2) is 9.43. The SMILES string of the molecule is COC(=O)C(=O)C[C@@H](c1ccc(C)cc1)P(c1ccccc1)c1ccccc1. The van der Waals surface area contributed by atoms with Crippen LogP contribution in [0.2, 0.25) is 0 Å². The fraction of sp³-hybridized carbons (Fsp3) is 0.167. The van der Waals surface area contributed by atoms with E-state index in [2.05, 4.69) is 53.3 Å². The number of carbonyl (C=O) groups is 2. The number of hydrogen-bond donors (Lipinski definition) is 0. The quantitative estimate of drug-likeness (QED) is 0.343. The molecule has 3 aromatic carbocycles. The first-order valence-corrected chi connectivity index (χ1v) is 10.6. The van der Waals surface area contributed by atoms with Gasteiger partial charge in [-0.25, -0.2) is 4.79 Å². The van der Waals surface area contributed by atoms with E-state index in [0.29, 0.717) is 0 Å².